The molecule has 15 heavy (non-hydrogen) atoms. The number of alkyl halides is 1. The maximum Gasteiger partial charge on any atom is 0.269 e. The summed E-state index contributed by atoms with van der Waals surface area (Å²) >= 11 is 3.78. The number of hydrogen-bond acceptors (Lipinski definition) is 2. The number of hydrogen-bond donors (Lipinski definition) is 0. The summed E-state index contributed by atoms with van der Waals surface area (Å²) in [5, 5.41) is 10.7. The van der Waals surface area contributed by atoms with Crippen molar-refractivity contribution in [2.75, 3.05) is 0 Å². The quantitative estimate of drug-likeness (QED) is 0.444. The molecule has 2 bridgehead atoms. The van der Waals surface area contributed by atoms with Crippen molar-refractivity contribution in [1.29, 1.82) is 0 Å². The van der Waals surface area contributed by atoms with E-state index in [1.165, 1.54) is 11.1 Å². The van der Waals surface area contributed by atoms with Gasteiger partial charge in [0.25, 0.3) is 5.69 Å². The minimum Gasteiger partial charge on any atom is -0.258 e. The number of nitrogens with zero attached hydrogens (tertiary/aromatic N) is 1. The summed E-state index contributed by atoms with van der Waals surface area (Å²) in [7, 11) is 0. The number of halogens is 1. The van der Waals surface area contributed by atoms with Gasteiger partial charge in [-0.3, -0.25) is 10.1 Å². The molecule has 0 spiro atoms. The van der Waals surface area contributed by atoms with E-state index in [1.54, 1.807) is 12.1 Å². The molecule has 0 saturated heterocycles. The Morgan fingerprint density at radius 1 is 1.53 bits per heavy atom. The van der Waals surface area contributed by atoms with Crippen LogP contribution in [-0.4, -0.2) is 4.92 Å². The summed E-state index contributed by atoms with van der Waals surface area (Å²) in [6, 6.07) is 5.28. The Morgan fingerprint density at radius 2 is 2.33 bits per heavy atom. The SMILES string of the molecule is O=[N+]([O-])c1ccc2c(c1)C1CCC2(Br)C1. The fraction of sp³-hybridized carbons (Fsp3) is 0.455. The lowest BCUT2D eigenvalue weighted by Gasteiger charge is -2.21. The molecule has 0 radical (unpaired) electrons. The fourth-order valence-electron chi connectivity index (χ4n) is 2.92. The van der Waals surface area contributed by atoms with E-state index in [0.717, 1.165) is 19.3 Å². The van der Waals surface area contributed by atoms with Gasteiger partial charge in [-0.25, -0.2) is 0 Å². The predicted octanol–water partition coefficient (Wildman–Crippen LogP) is 3.47. The Bertz CT molecular complexity index is 460. The van der Waals surface area contributed by atoms with Crippen LogP contribution in [0.3, 0.4) is 0 Å². The highest BCUT2D eigenvalue weighted by atomic mass is 79.9. The molecule has 0 aromatic heterocycles. The second kappa shape index (κ2) is 2.82. The first kappa shape index (κ1) is 9.33. The first-order chi connectivity index (χ1) is 7.10. The second-order valence-corrected chi connectivity index (χ2v) is 5.95. The highest BCUT2D eigenvalue weighted by Gasteiger charge is 2.47. The molecule has 1 saturated carbocycles. The van der Waals surface area contributed by atoms with Crippen molar-refractivity contribution in [2.45, 2.75) is 29.5 Å². The van der Waals surface area contributed by atoms with Crippen LogP contribution in [0.5, 0.6) is 0 Å². The molecule has 0 N–H and O–H groups in total. The van der Waals surface area contributed by atoms with Crippen LogP contribution in [0.1, 0.15) is 36.3 Å². The number of nitro benzene ring substituents is 1. The molecule has 3 nitrogen and oxygen atoms in total. The number of fused-ring (bicyclic) bond motifs is 5. The average molecular weight is 268 g/mol. The molecule has 1 fully saturated rings. The topological polar surface area (TPSA) is 43.1 Å². The lowest BCUT2D eigenvalue weighted by molar-refractivity contribution is -0.384. The van der Waals surface area contributed by atoms with Gasteiger partial charge in [-0.1, -0.05) is 22.0 Å². The molecular weight excluding hydrogens is 258 g/mol. The van der Waals surface area contributed by atoms with E-state index in [2.05, 4.69) is 15.9 Å². The minimum absolute atomic E-state index is 0.113. The molecule has 1 aromatic rings. The smallest absolute Gasteiger partial charge is 0.258 e. The van der Waals surface area contributed by atoms with Crippen LogP contribution in [0.4, 0.5) is 5.69 Å². The summed E-state index contributed by atoms with van der Waals surface area (Å²) in [5.74, 6) is 0.527. The maximum atomic E-state index is 10.7. The van der Waals surface area contributed by atoms with Gasteiger partial charge in [0.2, 0.25) is 0 Å². The van der Waals surface area contributed by atoms with E-state index in [4.69, 9.17) is 0 Å². The highest BCUT2D eigenvalue weighted by Crippen LogP contribution is 2.60. The summed E-state index contributed by atoms with van der Waals surface area (Å²) in [6.07, 6.45) is 3.41. The minimum atomic E-state index is -0.312. The van der Waals surface area contributed by atoms with Gasteiger partial charge < -0.3 is 0 Å². The first-order valence-corrected chi connectivity index (χ1v) is 5.87. The van der Waals surface area contributed by atoms with Crippen LogP contribution in [-0.2, 0) is 4.32 Å². The van der Waals surface area contributed by atoms with Crippen molar-refractivity contribution < 1.29 is 4.92 Å². The summed E-state index contributed by atoms with van der Waals surface area (Å²) in [5.41, 5.74) is 2.68. The number of nitro groups is 1. The number of non-ortho nitro benzene ring substituents is 1. The molecule has 3 rings (SSSR count). The monoisotopic (exact) mass is 267 g/mol. The Hall–Kier alpha value is -0.900. The van der Waals surface area contributed by atoms with E-state index in [-0.39, 0.29) is 14.9 Å². The van der Waals surface area contributed by atoms with Crippen LogP contribution < -0.4 is 0 Å². The van der Waals surface area contributed by atoms with E-state index in [0.29, 0.717) is 5.92 Å². The Labute approximate surface area is 95.8 Å². The van der Waals surface area contributed by atoms with Crippen molar-refractivity contribution in [3.8, 4) is 0 Å². The number of benzene rings is 1. The average Bonchev–Trinajstić information content (AvgIpc) is 2.72. The van der Waals surface area contributed by atoms with E-state index in [1.807, 2.05) is 6.07 Å². The van der Waals surface area contributed by atoms with E-state index in [9.17, 15) is 10.1 Å². The molecule has 2 aliphatic carbocycles. The molecule has 0 heterocycles. The zero-order chi connectivity index (χ0) is 10.6. The Balaban J connectivity index is 2.16. The molecular formula is C11H10BrNO2. The Kier molecular flexibility index (Phi) is 1.75. The zero-order valence-corrected chi connectivity index (χ0v) is 9.66. The molecule has 0 aliphatic heterocycles. The zero-order valence-electron chi connectivity index (χ0n) is 8.07. The van der Waals surface area contributed by atoms with E-state index >= 15 is 0 Å². The molecule has 1 aromatic carbocycles. The largest absolute Gasteiger partial charge is 0.269 e. The van der Waals surface area contributed by atoms with E-state index < -0.39 is 0 Å². The van der Waals surface area contributed by atoms with Gasteiger partial charge in [0.15, 0.2) is 0 Å². The molecule has 2 unspecified atom stereocenters. The first-order valence-electron chi connectivity index (χ1n) is 5.08. The highest BCUT2D eigenvalue weighted by molar-refractivity contribution is 9.09. The van der Waals surface area contributed by atoms with Gasteiger partial charge in [0.05, 0.1) is 9.25 Å². The van der Waals surface area contributed by atoms with Crippen LogP contribution in [0.2, 0.25) is 0 Å². The molecule has 2 atom stereocenters. The van der Waals surface area contributed by atoms with Crippen molar-refractivity contribution in [3.05, 3.63) is 39.4 Å². The van der Waals surface area contributed by atoms with Gasteiger partial charge in [-0.15, -0.1) is 0 Å². The standard InChI is InChI=1S/C11H10BrNO2/c12-11-4-3-7(6-11)9-5-8(13(14)15)1-2-10(9)11/h1-2,5,7H,3-4,6H2. The Morgan fingerprint density at radius 3 is 3.07 bits per heavy atom. The lowest BCUT2D eigenvalue weighted by atomic mass is 9.91. The third-order valence-corrected chi connectivity index (χ3v) is 4.77. The van der Waals surface area contributed by atoms with Crippen molar-refractivity contribution >= 4 is 21.6 Å². The summed E-state index contributed by atoms with van der Waals surface area (Å²) < 4.78 is 0.113. The van der Waals surface area contributed by atoms with Crippen molar-refractivity contribution in [3.63, 3.8) is 0 Å². The summed E-state index contributed by atoms with van der Waals surface area (Å²) in [4.78, 5) is 10.4. The van der Waals surface area contributed by atoms with Crippen LogP contribution in [0.15, 0.2) is 18.2 Å². The second-order valence-electron chi connectivity index (χ2n) is 4.43. The van der Waals surface area contributed by atoms with Gasteiger partial charge >= 0.3 is 0 Å². The molecule has 2 aliphatic rings. The van der Waals surface area contributed by atoms with Crippen molar-refractivity contribution in [2.24, 2.45) is 0 Å². The molecule has 78 valence electrons. The lowest BCUT2D eigenvalue weighted by Crippen LogP contribution is -2.11. The van der Waals surface area contributed by atoms with Crippen LogP contribution >= 0.6 is 15.9 Å². The maximum absolute atomic E-state index is 10.7. The van der Waals surface area contributed by atoms with Gasteiger partial charge in [-0.05, 0) is 36.3 Å². The fourth-order valence-corrected chi connectivity index (χ4v) is 3.90. The number of rotatable bonds is 1. The predicted molar refractivity (Wildman–Crippen MR) is 60.3 cm³/mol. The third kappa shape index (κ3) is 1.17. The van der Waals surface area contributed by atoms with Gasteiger partial charge in [0, 0.05) is 12.1 Å². The third-order valence-electron chi connectivity index (χ3n) is 3.63. The van der Waals surface area contributed by atoms with Crippen LogP contribution in [0, 0.1) is 10.1 Å². The van der Waals surface area contributed by atoms with Gasteiger partial charge in [-0.2, -0.15) is 0 Å². The molecule has 4 heteroatoms. The van der Waals surface area contributed by atoms with Gasteiger partial charge in [0.1, 0.15) is 0 Å². The van der Waals surface area contributed by atoms with Crippen LogP contribution in [0.25, 0.3) is 0 Å². The summed E-state index contributed by atoms with van der Waals surface area (Å²) in [6.45, 7) is 0. The molecule has 0 amide bonds. The van der Waals surface area contributed by atoms with Crippen molar-refractivity contribution in [1.82, 2.24) is 0 Å². The normalized spacial score (nSPS) is 31.7.